The summed E-state index contributed by atoms with van der Waals surface area (Å²) in [5.41, 5.74) is 0.983. The molecule has 8 nitrogen and oxygen atoms in total. The fourth-order valence-electron chi connectivity index (χ4n) is 5.26. The van der Waals surface area contributed by atoms with Gasteiger partial charge in [-0.05, 0) is 61.9 Å². The number of ether oxygens (including phenoxy) is 1. The van der Waals surface area contributed by atoms with Crippen molar-refractivity contribution in [2.24, 2.45) is 0 Å². The molecule has 0 N–H and O–H groups in total. The Morgan fingerprint density at radius 1 is 1.11 bits per heavy atom. The van der Waals surface area contributed by atoms with E-state index in [2.05, 4.69) is 4.98 Å². The van der Waals surface area contributed by atoms with Crippen LogP contribution in [0.3, 0.4) is 0 Å². The molecule has 0 aliphatic carbocycles. The Bertz CT molecular complexity index is 1120. The summed E-state index contributed by atoms with van der Waals surface area (Å²) in [5.74, 6) is -1.42. The van der Waals surface area contributed by atoms with Crippen molar-refractivity contribution in [3.05, 3.63) is 65.5 Å². The summed E-state index contributed by atoms with van der Waals surface area (Å²) in [6.45, 7) is 4.40. The molecule has 2 aliphatic rings. The number of pyridine rings is 1. The number of carbonyl (C=O) groups is 4. The van der Waals surface area contributed by atoms with E-state index in [1.54, 1.807) is 36.4 Å². The monoisotopic (exact) mass is 477 g/mol. The van der Waals surface area contributed by atoms with E-state index in [9.17, 15) is 19.2 Å². The molecule has 2 aromatic rings. The predicted molar refractivity (Wildman–Crippen MR) is 128 cm³/mol. The molecule has 8 heteroatoms. The zero-order valence-corrected chi connectivity index (χ0v) is 20.2. The number of esters is 1. The molecule has 3 heterocycles. The van der Waals surface area contributed by atoms with E-state index in [1.807, 2.05) is 31.2 Å². The van der Waals surface area contributed by atoms with Gasteiger partial charge in [-0.3, -0.25) is 24.3 Å². The molecule has 2 saturated heterocycles. The average Bonchev–Trinajstić information content (AvgIpc) is 3.09. The standard InChI is InChI=1S/C27H31N3O5/c1-3-35-25(33)22-10-6-7-15-29(22)23(31)16-27(21-9-5-4-8-19(21)2)17-24(32)30(26(27)34)18-20-11-13-28-14-12-20/h4-5,8-9,11-14,22H,3,6-7,10,15-18H2,1-2H3/t22-,27-/m1/s1. The van der Waals surface area contributed by atoms with Gasteiger partial charge in [0.15, 0.2) is 0 Å². The number of rotatable bonds is 7. The number of hydrogen-bond donors (Lipinski definition) is 0. The highest BCUT2D eigenvalue weighted by Crippen LogP contribution is 2.42. The van der Waals surface area contributed by atoms with Crippen LogP contribution < -0.4 is 0 Å². The van der Waals surface area contributed by atoms with Crippen molar-refractivity contribution in [1.29, 1.82) is 0 Å². The lowest BCUT2D eigenvalue weighted by Gasteiger charge is -2.37. The summed E-state index contributed by atoms with van der Waals surface area (Å²) in [6, 6.07) is 10.3. The number of carbonyl (C=O) groups excluding carboxylic acids is 4. The highest BCUT2D eigenvalue weighted by molar-refractivity contribution is 6.11. The van der Waals surface area contributed by atoms with E-state index in [-0.39, 0.29) is 43.7 Å². The first-order valence-electron chi connectivity index (χ1n) is 12.1. The molecule has 1 aromatic carbocycles. The number of amides is 3. The summed E-state index contributed by atoms with van der Waals surface area (Å²) < 4.78 is 5.22. The summed E-state index contributed by atoms with van der Waals surface area (Å²) >= 11 is 0. The molecular formula is C27H31N3O5. The molecule has 35 heavy (non-hydrogen) atoms. The lowest BCUT2D eigenvalue weighted by Crippen LogP contribution is -2.51. The van der Waals surface area contributed by atoms with E-state index in [1.165, 1.54) is 4.90 Å². The Balaban J connectivity index is 1.68. The van der Waals surface area contributed by atoms with Crippen LogP contribution in [0.5, 0.6) is 0 Å². The number of piperidine rings is 1. The number of hydrogen-bond acceptors (Lipinski definition) is 6. The molecule has 4 rings (SSSR count). The van der Waals surface area contributed by atoms with Gasteiger partial charge in [0.05, 0.1) is 18.6 Å². The van der Waals surface area contributed by atoms with E-state index >= 15 is 0 Å². The van der Waals surface area contributed by atoms with Crippen molar-refractivity contribution in [3.63, 3.8) is 0 Å². The van der Waals surface area contributed by atoms with Crippen molar-refractivity contribution in [3.8, 4) is 0 Å². The zero-order chi connectivity index (χ0) is 25.0. The van der Waals surface area contributed by atoms with Crippen molar-refractivity contribution >= 4 is 23.7 Å². The first-order valence-corrected chi connectivity index (χ1v) is 12.1. The first kappa shape index (κ1) is 24.6. The molecule has 184 valence electrons. The van der Waals surface area contributed by atoms with Crippen molar-refractivity contribution in [2.75, 3.05) is 13.2 Å². The molecule has 0 spiro atoms. The Hall–Kier alpha value is -3.55. The van der Waals surface area contributed by atoms with E-state index < -0.39 is 17.4 Å². The maximum Gasteiger partial charge on any atom is 0.328 e. The second-order valence-electron chi connectivity index (χ2n) is 9.24. The maximum atomic E-state index is 14.0. The Morgan fingerprint density at radius 3 is 2.57 bits per heavy atom. The van der Waals surface area contributed by atoms with Crippen LogP contribution in [0.2, 0.25) is 0 Å². The van der Waals surface area contributed by atoms with E-state index in [4.69, 9.17) is 4.74 Å². The largest absolute Gasteiger partial charge is 0.464 e. The number of likely N-dealkylation sites (tertiary alicyclic amines) is 2. The lowest BCUT2D eigenvalue weighted by atomic mass is 9.73. The lowest BCUT2D eigenvalue weighted by molar-refractivity contribution is -0.157. The third-order valence-corrected chi connectivity index (χ3v) is 6.99. The molecule has 2 aliphatic heterocycles. The zero-order valence-electron chi connectivity index (χ0n) is 20.2. The minimum Gasteiger partial charge on any atom is -0.464 e. The van der Waals surface area contributed by atoms with Crippen LogP contribution in [-0.2, 0) is 35.9 Å². The minimum absolute atomic E-state index is 0.0918. The highest BCUT2D eigenvalue weighted by Gasteiger charge is 2.55. The minimum atomic E-state index is -1.32. The number of benzene rings is 1. The van der Waals surface area contributed by atoms with Crippen LogP contribution >= 0.6 is 0 Å². The highest BCUT2D eigenvalue weighted by atomic mass is 16.5. The third kappa shape index (κ3) is 4.83. The van der Waals surface area contributed by atoms with Crippen LogP contribution in [0.15, 0.2) is 48.8 Å². The van der Waals surface area contributed by atoms with Gasteiger partial charge >= 0.3 is 5.97 Å². The topological polar surface area (TPSA) is 96.9 Å². The van der Waals surface area contributed by atoms with Gasteiger partial charge < -0.3 is 9.64 Å². The molecule has 0 unspecified atom stereocenters. The number of aryl methyl sites for hydroxylation is 1. The fraction of sp³-hybridized carbons (Fsp3) is 0.444. The van der Waals surface area contributed by atoms with Crippen LogP contribution in [0.4, 0.5) is 0 Å². The van der Waals surface area contributed by atoms with Crippen molar-refractivity contribution < 1.29 is 23.9 Å². The van der Waals surface area contributed by atoms with Gasteiger partial charge in [0, 0.05) is 31.8 Å². The summed E-state index contributed by atoms with van der Waals surface area (Å²) in [6.07, 6.45) is 5.10. The molecule has 0 radical (unpaired) electrons. The SMILES string of the molecule is CCOC(=O)[C@H]1CCCCN1C(=O)C[C@]1(c2ccccc2C)CC(=O)N(Cc2ccncc2)C1=O. The smallest absolute Gasteiger partial charge is 0.328 e. The van der Waals surface area contributed by atoms with Gasteiger partial charge in [0.2, 0.25) is 17.7 Å². The number of nitrogens with zero attached hydrogens (tertiary/aromatic N) is 3. The molecule has 0 bridgehead atoms. The van der Waals surface area contributed by atoms with E-state index in [0.29, 0.717) is 18.5 Å². The Kier molecular flexibility index (Phi) is 7.28. The predicted octanol–water partition coefficient (Wildman–Crippen LogP) is 2.92. The molecule has 2 fully saturated rings. The molecule has 3 amide bonds. The summed E-state index contributed by atoms with van der Waals surface area (Å²) in [5, 5.41) is 0. The van der Waals surface area contributed by atoms with Crippen LogP contribution in [0.1, 0.15) is 55.7 Å². The molecular weight excluding hydrogens is 446 g/mol. The molecule has 1 aromatic heterocycles. The van der Waals surface area contributed by atoms with Crippen LogP contribution in [0, 0.1) is 6.92 Å². The fourth-order valence-corrected chi connectivity index (χ4v) is 5.26. The van der Waals surface area contributed by atoms with Gasteiger partial charge in [0.25, 0.3) is 0 Å². The number of aromatic nitrogens is 1. The number of imide groups is 1. The van der Waals surface area contributed by atoms with Crippen molar-refractivity contribution in [2.45, 2.75) is 64.0 Å². The summed E-state index contributed by atoms with van der Waals surface area (Å²) in [4.78, 5) is 60.2. The molecule has 2 atom stereocenters. The van der Waals surface area contributed by atoms with Gasteiger partial charge in [-0.1, -0.05) is 24.3 Å². The maximum absolute atomic E-state index is 14.0. The normalized spacial score (nSPS) is 22.4. The quantitative estimate of drug-likeness (QED) is 0.449. The van der Waals surface area contributed by atoms with Crippen LogP contribution in [0.25, 0.3) is 0 Å². The van der Waals surface area contributed by atoms with E-state index in [0.717, 1.165) is 24.0 Å². The van der Waals surface area contributed by atoms with Gasteiger partial charge in [-0.15, -0.1) is 0 Å². The second kappa shape index (κ2) is 10.4. The second-order valence-corrected chi connectivity index (χ2v) is 9.24. The molecule has 0 saturated carbocycles. The average molecular weight is 478 g/mol. The van der Waals surface area contributed by atoms with Crippen molar-refractivity contribution in [1.82, 2.24) is 14.8 Å². The van der Waals surface area contributed by atoms with Gasteiger partial charge in [-0.2, -0.15) is 0 Å². The third-order valence-electron chi connectivity index (χ3n) is 6.99. The Morgan fingerprint density at radius 2 is 1.86 bits per heavy atom. The van der Waals surface area contributed by atoms with Crippen LogP contribution in [-0.4, -0.2) is 57.7 Å². The Labute approximate surface area is 205 Å². The first-order chi connectivity index (χ1) is 16.9. The van der Waals surface area contributed by atoms with Gasteiger partial charge in [0.1, 0.15) is 6.04 Å². The van der Waals surface area contributed by atoms with Gasteiger partial charge in [-0.25, -0.2) is 4.79 Å². The summed E-state index contributed by atoms with van der Waals surface area (Å²) in [7, 11) is 0.